The van der Waals surface area contributed by atoms with Gasteiger partial charge in [0, 0.05) is 13.6 Å². The van der Waals surface area contributed by atoms with Gasteiger partial charge in [0.2, 0.25) is 12.7 Å². The molecule has 7 heteroatoms. The highest BCUT2D eigenvalue weighted by Crippen LogP contribution is 2.32. The molecule has 1 heterocycles. The summed E-state index contributed by atoms with van der Waals surface area (Å²) in [6, 6.07) is 13.6. The van der Waals surface area contributed by atoms with Gasteiger partial charge in [-0.25, -0.2) is 4.79 Å². The van der Waals surface area contributed by atoms with Crippen LogP contribution in [0.5, 0.6) is 11.5 Å². The number of rotatable bonds is 5. The van der Waals surface area contributed by atoms with Crippen molar-refractivity contribution in [1.82, 2.24) is 16.0 Å². The molecule has 3 rings (SSSR count). The molecule has 0 fully saturated rings. The lowest BCUT2D eigenvalue weighted by Crippen LogP contribution is -2.43. The molecular weight excluding hydrogens is 322 g/mol. The van der Waals surface area contributed by atoms with Gasteiger partial charge in [0.05, 0.1) is 0 Å². The van der Waals surface area contributed by atoms with E-state index in [0.717, 1.165) is 11.1 Å². The molecule has 1 aliphatic heterocycles. The summed E-state index contributed by atoms with van der Waals surface area (Å²) in [5.41, 5.74) is 1.71. The molecule has 3 N–H and O–H groups in total. The van der Waals surface area contributed by atoms with Crippen molar-refractivity contribution >= 4 is 11.9 Å². The van der Waals surface area contributed by atoms with E-state index in [0.29, 0.717) is 18.0 Å². The first-order valence-electron chi connectivity index (χ1n) is 7.87. The van der Waals surface area contributed by atoms with E-state index in [9.17, 15) is 9.59 Å². The van der Waals surface area contributed by atoms with E-state index in [2.05, 4.69) is 16.0 Å². The molecule has 0 saturated carbocycles. The average Bonchev–Trinajstić information content (AvgIpc) is 3.10. The van der Waals surface area contributed by atoms with Crippen molar-refractivity contribution in [2.45, 2.75) is 12.6 Å². The molecule has 2 aromatic rings. The highest BCUT2D eigenvalue weighted by atomic mass is 16.7. The molecular formula is C18H19N3O4. The third-order valence-electron chi connectivity index (χ3n) is 3.81. The molecule has 0 aliphatic carbocycles. The van der Waals surface area contributed by atoms with Crippen molar-refractivity contribution in [3.8, 4) is 11.5 Å². The number of carbonyl (C=O) groups excluding carboxylic acids is 2. The summed E-state index contributed by atoms with van der Waals surface area (Å²) in [5.74, 6) is 0.970. The Morgan fingerprint density at radius 2 is 1.84 bits per heavy atom. The normalized spacial score (nSPS) is 13.2. The Bertz CT molecular complexity index is 764. The Balaban J connectivity index is 1.73. The number of benzene rings is 2. The summed E-state index contributed by atoms with van der Waals surface area (Å²) in [4.78, 5) is 23.9. The molecule has 0 radical (unpaired) electrons. The van der Waals surface area contributed by atoms with Crippen LogP contribution in [0.4, 0.5) is 4.79 Å². The molecule has 0 saturated heterocycles. The second-order valence-electron chi connectivity index (χ2n) is 5.48. The highest BCUT2D eigenvalue weighted by Gasteiger charge is 2.22. The van der Waals surface area contributed by atoms with Crippen LogP contribution in [-0.2, 0) is 11.3 Å². The maximum Gasteiger partial charge on any atom is 0.321 e. The predicted molar refractivity (Wildman–Crippen MR) is 91.2 cm³/mol. The van der Waals surface area contributed by atoms with Crippen molar-refractivity contribution in [2.24, 2.45) is 0 Å². The quantitative estimate of drug-likeness (QED) is 0.770. The van der Waals surface area contributed by atoms with Crippen molar-refractivity contribution in [2.75, 3.05) is 13.8 Å². The number of nitrogens with one attached hydrogen (secondary N) is 3. The Labute approximate surface area is 145 Å². The maximum absolute atomic E-state index is 12.4. The molecule has 2 aromatic carbocycles. The number of urea groups is 1. The van der Waals surface area contributed by atoms with Crippen LogP contribution in [0.15, 0.2) is 48.5 Å². The Morgan fingerprint density at radius 3 is 2.60 bits per heavy atom. The standard InChI is InChI=1S/C18H19N3O4/c1-19-18(23)21-17(22)16(13-5-3-2-4-6-13)20-10-12-7-8-14-15(9-12)25-11-24-14/h2-9,16,20H,10-11H2,1H3,(H2,19,21,22,23)/t16-/m0/s1. The van der Waals surface area contributed by atoms with Crippen LogP contribution in [0.3, 0.4) is 0 Å². The lowest BCUT2D eigenvalue weighted by atomic mass is 10.1. The second-order valence-corrected chi connectivity index (χ2v) is 5.48. The van der Waals surface area contributed by atoms with Gasteiger partial charge in [-0.05, 0) is 23.3 Å². The van der Waals surface area contributed by atoms with Crippen LogP contribution in [0.25, 0.3) is 0 Å². The van der Waals surface area contributed by atoms with Crippen LogP contribution in [0, 0.1) is 0 Å². The van der Waals surface area contributed by atoms with Gasteiger partial charge < -0.3 is 14.8 Å². The summed E-state index contributed by atoms with van der Waals surface area (Å²) in [5, 5.41) is 7.87. The van der Waals surface area contributed by atoms with Crippen LogP contribution >= 0.6 is 0 Å². The predicted octanol–water partition coefficient (Wildman–Crippen LogP) is 1.70. The molecule has 0 aromatic heterocycles. The van der Waals surface area contributed by atoms with Gasteiger partial charge in [-0.2, -0.15) is 0 Å². The zero-order valence-corrected chi connectivity index (χ0v) is 13.7. The molecule has 7 nitrogen and oxygen atoms in total. The van der Waals surface area contributed by atoms with Gasteiger partial charge in [-0.1, -0.05) is 36.4 Å². The van der Waals surface area contributed by atoms with E-state index in [-0.39, 0.29) is 6.79 Å². The van der Waals surface area contributed by atoms with E-state index in [1.807, 2.05) is 48.5 Å². The van der Waals surface area contributed by atoms with Gasteiger partial charge in [-0.15, -0.1) is 0 Å². The fraction of sp³-hybridized carbons (Fsp3) is 0.222. The Hall–Kier alpha value is -3.06. The molecule has 130 valence electrons. The minimum atomic E-state index is -0.663. The highest BCUT2D eigenvalue weighted by molar-refractivity contribution is 5.97. The summed E-state index contributed by atoms with van der Waals surface area (Å²) in [6.45, 7) is 0.644. The molecule has 1 atom stereocenters. The van der Waals surface area contributed by atoms with Crippen LogP contribution in [0.1, 0.15) is 17.2 Å². The van der Waals surface area contributed by atoms with Crippen LogP contribution in [0.2, 0.25) is 0 Å². The van der Waals surface area contributed by atoms with Crippen molar-refractivity contribution < 1.29 is 19.1 Å². The van der Waals surface area contributed by atoms with E-state index in [1.165, 1.54) is 7.05 Å². The zero-order chi connectivity index (χ0) is 17.6. The first kappa shape index (κ1) is 16.8. The van der Waals surface area contributed by atoms with Gasteiger partial charge in [-0.3, -0.25) is 15.4 Å². The largest absolute Gasteiger partial charge is 0.454 e. The van der Waals surface area contributed by atoms with E-state index < -0.39 is 18.0 Å². The maximum atomic E-state index is 12.4. The summed E-state index contributed by atoms with van der Waals surface area (Å²) < 4.78 is 10.7. The molecule has 0 spiro atoms. The third-order valence-corrected chi connectivity index (χ3v) is 3.81. The average molecular weight is 341 g/mol. The molecule has 0 bridgehead atoms. The summed E-state index contributed by atoms with van der Waals surface area (Å²) in [6.07, 6.45) is 0. The first-order valence-corrected chi connectivity index (χ1v) is 7.87. The Morgan fingerprint density at radius 1 is 1.08 bits per heavy atom. The molecule has 25 heavy (non-hydrogen) atoms. The van der Waals surface area contributed by atoms with Crippen LogP contribution in [-0.4, -0.2) is 25.8 Å². The molecule has 1 aliphatic rings. The minimum Gasteiger partial charge on any atom is -0.454 e. The van der Waals surface area contributed by atoms with Gasteiger partial charge in [0.1, 0.15) is 6.04 Å². The third kappa shape index (κ3) is 4.07. The SMILES string of the molecule is CNC(=O)NC(=O)[C@@H](NCc1ccc2c(c1)OCO2)c1ccccc1. The fourth-order valence-corrected chi connectivity index (χ4v) is 2.52. The number of fused-ring (bicyclic) bond motifs is 1. The van der Waals surface area contributed by atoms with Gasteiger partial charge in [0.25, 0.3) is 0 Å². The van der Waals surface area contributed by atoms with E-state index in [1.54, 1.807) is 0 Å². The van der Waals surface area contributed by atoms with Crippen LogP contribution < -0.4 is 25.4 Å². The monoisotopic (exact) mass is 341 g/mol. The van der Waals surface area contributed by atoms with Gasteiger partial charge in [0.15, 0.2) is 11.5 Å². The second kappa shape index (κ2) is 7.67. The number of amides is 3. The number of hydrogen-bond donors (Lipinski definition) is 3. The topological polar surface area (TPSA) is 88.7 Å². The lowest BCUT2D eigenvalue weighted by molar-refractivity contribution is -0.122. The van der Waals surface area contributed by atoms with Crippen molar-refractivity contribution in [3.63, 3.8) is 0 Å². The number of carbonyl (C=O) groups is 2. The summed E-state index contributed by atoms with van der Waals surface area (Å²) >= 11 is 0. The van der Waals surface area contributed by atoms with Crippen molar-refractivity contribution in [3.05, 3.63) is 59.7 Å². The fourth-order valence-electron chi connectivity index (χ4n) is 2.52. The first-order chi connectivity index (χ1) is 12.2. The van der Waals surface area contributed by atoms with Crippen molar-refractivity contribution in [1.29, 1.82) is 0 Å². The van der Waals surface area contributed by atoms with Gasteiger partial charge >= 0.3 is 6.03 Å². The zero-order valence-electron chi connectivity index (χ0n) is 13.7. The Kier molecular flexibility index (Phi) is 5.15. The summed E-state index contributed by atoms with van der Waals surface area (Å²) in [7, 11) is 1.46. The number of ether oxygens (including phenoxy) is 2. The lowest BCUT2D eigenvalue weighted by Gasteiger charge is -2.18. The number of hydrogen-bond acceptors (Lipinski definition) is 5. The minimum absolute atomic E-state index is 0.216. The molecule has 3 amide bonds. The van der Waals surface area contributed by atoms with E-state index >= 15 is 0 Å². The number of imide groups is 1. The smallest absolute Gasteiger partial charge is 0.321 e. The van der Waals surface area contributed by atoms with E-state index in [4.69, 9.17) is 9.47 Å². The molecule has 0 unspecified atom stereocenters.